The van der Waals surface area contributed by atoms with E-state index in [0.717, 1.165) is 18.2 Å². The zero-order chi connectivity index (χ0) is 27.1. The molecule has 1 saturated carbocycles. The maximum atomic E-state index is 13.9. The lowest BCUT2D eigenvalue weighted by Gasteiger charge is -2.34. The fourth-order valence-corrected chi connectivity index (χ4v) is 4.99. The summed E-state index contributed by atoms with van der Waals surface area (Å²) in [6.07, 6.45) is -3.77. The van der Waals surface area contributed by atoms with Crippen LogP contribution in [-0.4, -0.2) is 46.3 Å². The molecular weight excluding hydrogens is 511 g/mol. The van der Waals surface area contributed by atoms with Gasteiger partial charge in [-0.1, -0.05) is 5.16 Å². The molecule has 7 nitrogen and oxygen atoms in total. The molecule has 2 heterocycles. The Morgan fingerprint density at radius 1 is 1.05 bits per heavy atom. The number of aliphatic carboxylic acids is 1. The Morgan fingerprint density at radius 2 is 1.74 bits per heavy atom. The lowest BCUT2D eigenvalue weighted by molar-refractivity contribution is -0.141. The third kappa shape index (κ3) is 5.58. The van der Waals surface area contributed by atoms with Gasteiger partial charge < -0.3 is 19.8 Å². The van der Waals surface area contributed by atoms with E-state index in [0.29, 0.717) is 18.4 Å². The number of piperidine rings is 1. The van der Waals surface area contributed by atoms with Crippen LogP contribution in [0.25, 0.3) is 22.8 Å². The summed E-state index contributed by atoms with van der Waals surface area (Å²) in [5, 5.41) is 16.3. The van der Waals surface area contributed by atoms with Gasteiger partial charge in [0.15, 0.2) is 0 Å². The minimum atomic E-state index is -4.70. The van der Waals surface area contributed by atoms with E-state index in [9.17, 15) is 26.7 Å². The molecule has 3 aromatic rings. The number of aromatic nitrogens is 2. The quantitative estimate of drug-likeness (QED) is 0.356. The number of nitrogens with one attached hydrogen (secondary N) is 1. The zero-order valence-corrected chi connectivity index (χ0v) is 20.1. The van der Waals surface area contributed by atoms with E-state index in [1.54, 1.807) is 24.3 Å². The first-order chi connectivity index (χ1) is 18.0. The lowest BCUT2D eigenvalue weighted by atomic mass is 10.0. The highest BCUT2D eigenvalue weighted by Gasteiger charge is 2.39. The average Bonchev–Trinajstić information content (AvgIpc) is 3.54. The van der Waals surface area contributed by atoms with Gasteiger partial charge in [0.2, 0.25) is 5.82 Å². The van der Waals surface area contributed by atoms with Crippen molar-refractivity contribution in [1.82, 2.24) is 10.1 Å². The first-order valence-electron chi connectivity index (χ1n) is 12.3. The summed E-state index contributed by atoms with van der Waals surface area (Å²) < 4.78 is 74.0. The number of nitrogens with zero attached hydrogens (tertiary/aromatic N) is 3. The van der Waals surface area contributed by atoms with E-state index >= 15 is 0 Å². The van der Waals surface area contributed by atoms with Crippen molar-refractivity contribution in [3.05, 3.63) is 48.0 Å². The van der Waals surface area contributed by atoms with Crippen LogP contribution in [0.2, 0.25) is 0 Å². The van der Waals surface area contributed by atoms with Crippen LogP contribution in [0.1, 0.15) is 37.7 Å². The maximum Gasteiger partial charge on any atom is 0.418 e. The molecule has 2 aliphatic rings. The number of hydrogen-bond donors (Lipinski definition) is 2. The second-order valence-corrected chi connectivity index (χ2v) is 9.76. The molecule has 1 saturated heterocycles. The molecule has 1 aromatic heterocycles. The van der Waals surface area contributed by atoms with Crippen molar-refractivity contribution in [3.8, 4) is 22.8 Å². The highest BCUT2D eigenvalue weighted by molar-refractivity contribution is 5.71. The Morgan fingerprint density at radius 3 is 2.37 bits per heavy atom. The second kappa shape index (κ2) is 9.88. The van der Waals surface area contributed by atoms with Crippen LogP contribution in [0.5, 0.6) is 0 Å². The van der Waals surface area contributed by atoms with Gasteiger partial charge in [-0.25, -0.2) is 8.78 Å². The molecule has 2 aromatic carbocycles. The summed E-state index contributed by atoms with van der Waals surface area (Å²) in [6.45, 7) is -0.346. The minimum absolute atomic E-state index is 0.0323. The molecule has 2 N–H and O–H groups in total. The first-order valence-corrected chi connectivity index (χ1v) is 12.3. The summed E-state index contributed by atoms with van der Waals surface area (Å²) in [5.41, 5.74) is 0.349. The van der Waals surface area contributed by atoms with Gasteiger partial charge in [-0.05, 0) is 61.7 Å². The van der Waals surface area contributed by atoms with Gasteiger partial charge in [0.05, 0.1) is 11.5 Å². The Labute approximate surface area is 214 Å². The van der Waals surface area contributed by atoms with Crippen LogP contribution >= 0.6 is 0 Å². The van der Waals surface area contributed by atoms with Crippen LogP contribution < -0.4 is 10.2 Å². The molecule has 12 heteroatoms. The fourth-order valence-electron chi connectivity index (χ4n) is 4.99. The second-order valence-electron chi connectivity index (χ2n) is 9.76. The molecule has 2 atom stereocenters. The van der Waals surface area contributed by atoms with E-state index in [-0.39, 0.29) is 48.0 Å². The molecule has 0 radical (unpaired) electrons. The van der Waals surface area contributed by atoms with Crippen molar-refractivity contribution in [2.24, 2.45) is 5.92 Å². The Balaban J connectivity index is 1.32. The first kappa shape index (κ1) is 25.9. The molecule has 0 amide bonds. The number of carboxylic acid groups (broad SMARTS) is 1. The minimum Gasteiger partial charge on any atom is -0.481 e. The van der Waals surface area contributed by atoms with Crippen LogP contribution in [0, 0.1) is 5.92 Å². The van der Waals surface area contributed by atoms with Crippen LogP contribution in [0.15, 0.2) is 47.0 Å². The van der Waals surface area contributed by atoms with E-state index in [1.165, 1.54) is 17.0 Å². The number of carbonyl (C=O) groups is 1. The number of rotatable bonds is 6. The van der Waals surface area contributed by atoms with E-state index < -0.39 is 36.5 Å². The van der Waals surface area contributed by atoms with E-state index in [4.69, 9.17) is 9.63 Å². The van der Waals surface area contributed by atoms with Crippen LogP contribution in [0.3, 0.4) is 0 Å². The van der Waals surface area contributed by atoms with Crippen LogP contribution in [-0.2, 0) is 11.0 Å². The van der Waals surface area contributed by atoms with Crippen LogP contribution in [0.4, 0.5) is 33.3 Å². The summed E-state index contributed by atoms with van der Waals surface area (Å²) in [6, 6.07) is 10.7. The molecule has 0 spiro atoms. The molecule has 1 unspecified atom stereocenters. The van der Waals surface area contributed by atoms with Crippen molar-refractivity contribution in [2.45, 2.75) is 50.2 Å². The number of halogens is 5. The van der Waals surface area contributed by atoms with Gasteiger partial charge in [-0.3, -0.25) is 4.79 Å². The summed E-state index contributed by atoms with van der Waals surface area (Å²) in [5.74, 6) is -3.92. The number of alkyl halides is 5. The molecule has 1 aliphatic carbocycles. The van der Waals surface area contributed by atoms with Gasteiger partial charge >= 0.3 is 12.1 Å². The zero-order valence-electron chi connectivity index (χ0n) is 20.1. The third-order valence-electron chi connectivity index (χ3n) is 7.11. The van der Waals surface area contributed by atoms with Gasteiger partial charge in [0, 0.05) is 54.5 Å². The molecule has 1 aliphatic heterocycles. The largest absolute Gasteiger partial charge is 0.481 e. The highest BCUT2D eigenvalue weighted by Crippen LogP contribution is 2.41. The summed E-state index contributed by atoms with van der Waals surface area (Å²) >= 11 is 0. The predicted molar refractivity (Wildman–Crippen MR) is 129 cm³/mol. The van der Waals surface area contributed by atoms with E-state index in [1.807, 2.05) is 0 Å². The Hall–Kier alpha value is -3.70. The van der Waals surface area contributed by atoms with Gasteiger partial charge in [0.1, 0.15) is 0 Å². The lowest BCUT2D eigenvalue weighted by Crippen LogP contribution is -2.40. The number of anilines is 2. The van der Waals surface area contributed by atoms with Crippen molar-refractivity contribution >= 4 is 17.3 Å². The van der Waals surface area contributed by atoms with Gasteiger partial charge in [-0.15, -0.1) is 0 Å². The Kier molecular flexibility index (Phi) is 6.74. The van der Waals surface area contributed by atoms with Crippen molar-refractivity contribution in [3.63, 3.8) is 0 Å². The smallest absolute Gasteiger partial charge is 0.418 e. The number of hydrogen-bond acceptors (Lipinski definition) is 6. The molecule has 0 bridgehead atoms. The van der Waals surface area contributed by atoms with Gasteiger partial charge in [0.25, 0.3) is 11.8 Å². The SMILES string of the molecule is O=C(O)[C@H]1CCC(Nc2ccc(-c3nc(-c4ccc(N5CCC(F)(F)CC5)c(C(F)(F)F)c4)no3)cc2)C1. The predicted octanol–water partition coefficient (Wildman–Crippen LogP) is 6.32. The monoisotopic (exact) mass is 536 g/mol. The number of carboxylic acids is 1. The molecule has 5 rings (SSSR count). The molecular formula is C26H25F5N4O3. The van der Waals surface area contributed by atoms with Crippen molar-refractivity contribution in [2.75, 3.05) is 23.3 Å². The molecule has 38 heavy (non-hydrogen) atoms. The fraction of sp³-hybridized carbons (Fsp3) is 0.423. The summed E-state index contributed by atoms with van der Waals surface area (Å²) in [4.78, 5) is 16.7. The topological polar surface area (TPSA) is 91.5 Å². The maximum absolute atomic E-state index is 13.9. The highest BCUT2D eigenvalue weighted by atomic mass is 19.4. The third-order valence-corrected chi connectivity index (χ3v) is 7.11. The van der Waals surface area contributed by atoms with Crippen molar-refractivity contribution in [1.29, 1.82) is 0 Å². The number of benzene rings is 2. The van der Waals surface area contributed by atoms with Crippen molar-refractivity contribution < 1.29 is 36.4 Å². The van der Waals surface area contributed by atoms with E-state index in [2.05, 4.69) is 15.5 Å². The Bertz CT molecular complexity index is 1300. The normalized spacial score (nSPS) is 21.4. The molecule has 202 valence electrons. The standard InChI is InChI=1S/C26H25F5N4O3/c27-25(28)9-11-35(12-10-25)21-8-4-16(14-20(21)26(29,30)31)22-33-23(38-34-22)15-1-5-18(6-2-15)32-19-7-3-17(13-19)24(36)37/h1-2,4-6,8,14,17,19,32H,3,7,9-13H2,(H,36,37)/t17-,19?/m0/s1. The van der Waals surface area contributed by atoms with Gasteiger partial charge in [-0.2, -0.15) is 18.2 Å². The average molecular weight is 537 g/mol. The molecule has 2 fully saturated rings. The summed E-state index contributed by atoms with van der Waals surface area (Å²) in [7, 11) is 0.